The minimum atomic E-state index is -4.38. The lowest BCUT2D eigenvalue weighted by molar-refractivity contribution is -0.150. The Morgan fingerprint density at radius 2 is 2.00 bits per heavy atom. The lowest BCUT2D eigenvalue weighted by Gasteiger charge is -2.71. The van der Waals surface area contributed by atoms with Gasteiger partial charge in [0, 0.05) is 23.7 Å². The van der Waals surface area contributed by atoms with Crippen LogP contribution in [0.3, 0.4) is 0 Å². The molecule has 3 saturated carbocycles. The summed E-state index contributed by atoms with van der Waals surface area (Å²) in [7, 11) is 0. The van der Waals surface area contributed by atoms with E-state index >= 15 is 0 Å². The molecule has 6 nitrogen and oxygen atoms in total. The van der Waals surface area contributed by atoms with Gasteiger partial charge in [-0.05, 0) is 31.4 Å². The van der Waals surface area contributed by atoms with Gasteiger partial charge in [-0.1, -0.05) is 23.2 Å². The second-order valence-electron chi connectivity index (χ2n) is 8.08. The molecular weight excluding hydrogens is 466 g/mol. The number of carbonyl (C=O) groups is 1. The molecule has 3 atom stereocenters. The van der Waals surface area contributed by atoms with Crippen LogP contribution in [0.5, 0.6) is 5.75 Å². The van der Waals surface area contributed by atoms with E-state index in [-0.39, 0.29) is 24.6 Å². The average Bonchev–Trinajstić information content (AvgIpc) is 3.10. The molecule has 1 aromatic carbocycles. The maximum absolute atomic E-state index is 12.7. The van der Waals surface area contributed by atoms with Crippen molar-refractivity contribution < 1.29 is 27.8 Å². The zero-order valence-electron chi connectivity index (χ0n) is 15.6. The molecule has 0 aromatic heterocycles. The Labute approximate surface area is 185 Å². The van der Waals surface area contributed by atoms with Crippen molar-refractivity contribution in [2.45, 2.75) is 53.4 Å². The summed E-state index contributed by atoms with van der Waals surface area (Å²) in [6, 6.07) is 4.80. The van der Waals surface area contributed by atoms with Gasteiger partial charge in [0.05, 0.1) is 15.3 Å². The number of ether oxygens (including phenoxy) is 1. The number of nitrogens with one attached hydrogen (secondary N) is 3. The zero-order valence-corrected chi connectivity index (χ0v) is 17.9. The molecule has 0 radical (unpaired) electrons. The molecule has 12 heteroatoms. The molecule has 166 valence electrons. The van der Waals surface area contributed by atoms with Crippen molar-refractivity contribution in [3.8, 4) is 5.75 Å². The minimum Gasteiger partial charge on any atom is -0.489 e. The third kappa shape index (κ3) is 4.49. The summed E-state index contributed by atoms with van der Waals surface area (Å²) >= 11 is 12.4. The van der Waals surface area contributed by atoms with Crippen LogP contribution in [0.15, 0.2) is 18.2 Å². The molecule has 4 N–H and O–H groups in total. The van der Waals surface area contributed by atoms with Crippen LogP contribution in [-0.2, 0) is 4.79 Å². The SMILES string of the molecule is O=C(NC12CC(NC(O)COc3ccc(Cl)c(Cl)c3)(C1)C2)C1CNC(C(F)(F)F)S1. The summed E-state index contributed by atoms with van der Waals surface area (Å²) in [5, 5.41) is 16.8. The third-order valence-corrected chi connectivity index (χ3v) is 7.72. The highest BCUT2D eigenvalue weighted by Gasteiger charge is 2.69. The molecule has 1 heterocycles. The number of halogens is 5. The lowest BCUT2D eigenvalue weighted by atomic mass is 9.44. The van der Waals surface area contributed by atoms with Crippen LogP contribution in [0, 0.1) is 0 Å². The molecule has 0 spiro atoms. The number of amides is 1. The van der Waals surface area contributed by atoms with Gasteiger partial charge in [-0.25, -0.2) is 0 Å². The Morgan fingerprint density at radius 3 is 2.60 bits per heavy atom. The smallest absolute Gasteiger partial charge is 0.413 e. The monoisotopic (exact) mass is 485 g/mol. The molecule has 1 saturated heterocycles. The predicted molar refractivity (Wildman–Crippen MR) is 108 cm³/mol. The quantitative estimate of drug-likeness (QED) is 0.444. The predicted octanol–water partition coefficient (Wildman–Crippen LogP) is 2.66. The van der Waals surface area contributed by atoms with E-state index in [1.54, 1.807) is 18.2 Å². The third-order valence-electron chi connectivity index (χ3n) is 5.57. The van der Waals surface area contributed by atoms with Gasteiger partial charge in [-0.15, -0.1) is 11.8 Å². The number of carbonyl (C=O) groups excluding carboxylic acids is 1. The topological polar surface area (TPSA) is 82.6 Å². The van der Waals surface area contributed by atoms with E-state index in [1.807, 2.05) is 0 Å². The summed E-state index contributed by atoms with van der Waals surface area (Å²) < 4.78 is 43.7. The fraction of sp³-hybridized carbons (Fsp3) is 0.611. The second kappa shape index (κ2) is 7.90. The molecule has 3 unspecified atom stereocenters. The number of benzene rings is 1. The first-order valence-corrected chi connectivity index (χ1v) is 11.0. The van der Waals surface area contributed by atoms with Crippen molar-refractivity contribution in [3.05, 3.63) is 28.2 Å². The molecular formula is C18H20Cl2F3N3O3S. The first kappa shape index (κ1) is 22.3. The Kier molecular flexibility index (Phi) is 5.87. The van der Waals surface area contributed by atoms with Crippen LogP contribution in [0.2, 0.25) is 10.0 Å². The van der Waals surface area contributed by atoms with Crippen molar-refractivity contribution in [1.82, 2.24) is 16.0 Å². The van der Waals surface area contributed by atoms with Crippen LogP contribution < -0.4 is 20.7 Å². The Hall–Kier alpha value is -0.910. The maximum atomic E-state index is 12.7. The van der Waals surface area contributed by atoms with Gasteiger partial charge >= 0.3 is 6.18 Å². The van der Waals surface area contributed by atoms with E-state index in [4.69, 9.17) is 27.9 Å². The number of thioether (sulfide) groups is 1. The lowest BCUT2D eigenvalue weighted by Crippen LogP contribution is -2.84. The standard InChI is InChI=1S/C18H20Cl2F3N3O3S/c19-10-2-1-9(3-11(10)20)29-5-13(27)25-16-6-17(7-16,8-16)26-14(28)12-4-24-15(30-12)18(21,22)23/h1-3,12-13,15,24-25,27H,4-8H2,(H,26,28). The molecule has 4 aliphatic rings. The number of rotatable bonds is 7. The molecule has 4 fully saturated rings. The van der Waals surface area contributed by atoms with Crippen LogP contribution in [-0.4, -0.2) is 58.3 Å². The second-order valence-corrected chi connectivity index (χ2v) is 10.2. The molecule has 1 aliphatic heterocycles. The first-order valence-electron chi connectivity index (χ1n) is 9.31. The molecule has 3 aliphatic carbocycles. The van der Waals surface area contributed by atoms with E-state index in [9.17, 15) is 23.1 Å². The van der Waals surface area contributed by atoms with Crippen LogP contribution in [0.25, 0.3) is 0 Å². The summed E-state index contributed by atoms with van der Waals surface area (Å²) in [4.78, 5) is 12.3. The van der Waals surface area contributed by atoms with Gasteiger partial charge in [-0.2, -0.15) is 13.2 Å². The van der Waals surface area contributed by atoms with Gasteiger partial charge < -0.3 is 15.2 Å². The first-order chi connectivity index (χ1) is 14.0. The van der Waals surface area contributed by atoms with E-state index < -0.39 is 28.6 Å². The number of aliphatic hydroxyl groups is 1. The number of hydrogen-bond donors (Lipinski definition) is 4. The molecule has 30 heavy (non-hydrogen) atoms. The number of hydrogen-bond acceptors (Lipinski definition) is 6. The van der Waals surface area contributed by atoms with Crippen LogP contribution in [0.1, 0.15) is 19.3 Å². The Morgan fingerprint density at radius 1 is 1.30 bits per heavy atom. The van der Waals surface area contributed by atoms with E-state index in [1.165, 1.54) is 0 Å². The fourth-order valence-electron chi connectivity index (χ4n) is 4.37. The van der Waals surface area contributed by atoms with Crippen molar-refractivity contribution in [2.24, 2.45) is 0 Å². The fourth-order valence-corrected chi connectivity index (χ4v) is 5.71. The number of alkyl halides is 3. The maximum Gasteiger partial charge on any atom is 0.413 e. The number of aliphatic hydroxyl groups excluding tert-OH is 1. The van der Waals surface area contributed by atoms with Gasteiger partial charge in [0.25, 0.3) is 0 Å². The highest BCUT2D eigenvalue weighted by molar-refractivity contribution is 8.01. The van der Waals surface area contributed by atoms with E-state index in [2.05, 4.69) is 16.0 Å². The molecule has 5 rings (SSSR count). The van der Waals surface area contributed by atoms with Crippen molar-refractivity contribution in [2.75, 3.05) is 13.2 Å². The Bertz CT molecular complexity index is 825. The van der Waals surface area contributed by atoms with Crippen molar-refractivity contribution >= 4 is 40.9 Å². The van der Waals surface area contributed by atoms with Gasteiger partial charge in [-0.3, -0.25) is 15.4 Å². The highest BCUT2D eigenvalue weighted by atomic mass is 35.5. The van der Waals surface area contributed by atoms with E-state index in [0.29, 0.717) is 46.8 Å². The minimum absolute atomic E-state index is 0.00227. The molecule has 2 bridgehead atoms. The Balaban J connectivity index is 1.19. The molecule has 1 amide bonds. The van der Waals surface area contributed by atoms with Gasteiger partial charge in [0.2, 0.25) is 5.91 Å². The normalized spacial score (nSPS) is 33.4. The van der Waals surface area contributed by atoms with Gasteiger partial charge in [0.1, 0.15) is 18.6 Å². The van der Waals surface area contributed by atoms with Gasteiger partial charge in [0.15, 0.2) is 5.37 Å². The molecule has 1 aromatic rings. The van der Waals surface area contributed by atoms with E-state index in [0.717, 1.165) is 0 Å². The largest absolute Gasteiger partial charge is 0.489 e. The summed E-state index contributed by atoms with van der Waals surface area (Å²) in [6.07, 6.45) is -3.45. The summed E-state index contributed by atoms with van der Waals surface area (Å²) in [6.45, 7) is -0.00674. The van der Waals surface area contributed by atoms with Crippen LogP contribution in [0.4, 0.5) is 13.2 Å². The summed E-state index contributed by atoms with van der Waals surface area (Å²) in [5.41, 5.74) is -0.686. The van der Waals surface area contributed by atoms with Crippen molar-refractivity contribution in [1.29, 1.82) is 0 Å². The zero-order chi connectivity index (χ0) is 21.7. The summed E-state index contributed by atoms with van der Waals surface area (Å²) in [5.74, 6) is 0.0995. The highest BCUT2D eigenvalue weighted by Crippen LogP contribution is 2.60. The van der Waals surface area contributed by atoms with Crippen LogP contribution >= 0.6 is 35.0 Å². The average molecular weight is 486 g/mol. The van der Waals surface area contributed by atoms with Crippen molar-refractivity contribution in [3.63, 3.8) is 0 Å².